The van der Waals surface area contributed by atoms with Gasteiger partial charge in [0.15, 0.2) is 7.55 Å². The Morgan fingerprint density at radius 3 is 2.40 bits per heavy atom. The third-order valence-electron chi connectivity index (χ3n) is 1.000. The summed E-state index contributed by atoms with van der Waals surface area (Å²) >= 11 is 0. The lowest BCUT2D eigenvalue weighted by molar-refractivity contribution is 1.24. The Morgan fingerprint density at radius 1 is 1.50 bits per heavy atom. The van der Waals surface area contributed by atoms with Crippen LogP contribution >= 0.6 is 7.55 Å². The molecule has 0 bridgehead atoms. The fourth-order valence-corrected chi connectivity index (χ4v) is 1.04. The van der Waals surface area contributed by atoms with Gasteiger partial charge >= 0.3 is 5.57 Å². The molecule has 10 heavy (non-hydrogen) atoms. The highest BCUT2D eigenvalue weighted by molar-refractivity contribution is 7.62. The van der Waals surface area contributed by atoms with Gasteiger partial charge in [-0.1, -0.05) is 0 Å². The first kappa shape index (κ1) is 7.16. The number of nitrogens with two attached hydrogens (primary N) is 1. The van der Waals surface area contributed by atoms with Crippen molar-refractivity contribution in [1.82, 2.24) is 9.97 Å². The van der Waals surface area contributed by atoms with E-state index in [9.17, 15) is 0 Å². The maximum Gasteiger partial charge on any atom is 0.333 e. The fourth-order valence-electron chi connectivity index (χ4n) is 0.528. The SMILES string of the molecule is C=[P+](C)c1ncc(N)cn1. The summed E-state index contributed by atoms with van der Waals surface area (Å²) in [6.07, 6.45) is 7.04. The maximum atomic E-state index is 5.39. The Balaban J connectivity index is 3.00. The van der Waals surface area contributed by atoms with Gasteiger partial charge in [0.1, 0.15) is 6.66 Å². The number of nitrogens with zero attached hydrogens (tertiary/aromatic N) is 2. The molecule has 0 fully saturated rings. The van der Waals surface area contributed by atoms with Crippen LogP contribution in [-0.2, 0) is 0 Å². The number of anilines is 1. The lowest BCUT2D eigenvalue weighted by Gasteiger charge is -1.88. The molecule has 0 saturated heterocycles. The number of rotatable bonds is 1. The van der Waals surface area contributed by atoms with Crippen LogP contribution in [0.3, 0.4) is 0 Å². The molecule has 0 saturated carbocycles. The second-order valence-electron chi connectivity index (χ2n) is 2.01. The summed E-state index contributed by atoms with van der Waals surface area (Å²) in [5.41, 5.74) is 6.78. The van der Waals surface area contributed by atoms with Crippen molar-refractivity contribution in [2.24, 2.45) is 0 Å². The van der Waals surface area contributed by atoms with E-state index in [0.29, 0.717) is 5.69 Å². The first-order valence-corrected chi connectivity index (χ1v) is 4.79. The van der Waals surface area contributed by atoms with Crippen molar-refractivity contribution < 1.29 is 0 Å². The lowest BCUT2D eigenvalue weighted by atomic mass is 10.6. The van der Waals surface area contributed by atoms with E-state index in [4.69, 9.17) is 5.73 Å². The van der Waals surface area contributed by atoms with Crippen LogP contribution in [0.5, 0.6) is 0 Å². The minimum Gasteiger partial charge on any atom is -0.396 e. The van der Waals surface area contributed by atoms with Gasteiger partial charge in [0.05, 0.1) is 24.4 Å². The molecule has 0 aliphatic heterocycles. The molecule has 0 radical (unpaired) electrons. The van der Waals surface area contributed by atoms with E-state index in [1.807, 2.05) is 6.66 Å². The van der Waals surface area contributed by atoms with Crippen LogP contribution in [0.25, 0.3) is 0 Å². The van der Waals surface area contributed by atoms with E-state index in [1.165, 1.54) is 0 Å². The Labute approximate surface area is 60.7 Å². The van der Waals surface area contributed by atoms with Gasteiger partial charge in [-0.2, -0.15) is 9.97 Å². The summed E-state index contributed by atoms with van der Waals surface area (Å²) in [5.74, 6) is 0. The van der Waals surface area contributed by atoms with Crippen LogP contribution in [0.15, 0.2) is 12.4 Å². The molecular weight excluding hydrogens is 145 g/mol. The first-order valence-electron chi connectivity index (χ1n) is 2.82. The summed E-state index contributed by atoms with van der Waals surface area (Å²) in [6, 6.07) is 0. The van der Waals surface area contributed by atoms with Crippen LogP contribution < -0.4 is 11.3 Å². The Bertz CT molecular complexity index is 242. The molecule has 3 nitrogen and oxygen atoms in total. The normalized spacial score (nSPS) is 11.1. The van der Waals surface area contributed by atoms with E-state index < -0.39 is 7.55 Å². The van der Waals surface area contributed by atoms with Gasteiger partial charge in [-0.3, -0.25) is 0 Å². The van der Waals surface area contributed by atoms with Crippen molar-refractivity contribution in [3.05, 3.63) is 12.4 Å². The maximum absolute atomic E-state index is 5.39. The smallest absolute Gasteiger partial charge is 0.333 e. The summed E-state index contributed by atoms with van der Waals surface area (Å²) in [6.45, 7) is 2.00. The first-order chi connectivity index (χ1) is 4.70. The molecular formula is C6H9N3P+. The van der Waals surface area contributed by atoms with Gasteiger partial charge in [0.25, 0.3) is 0 Å². The van der Waals surface area contributed by atoms with Crippen molar-refractivity contribution >= 4 is 25.1 Å². The van der Waals surface area contributed by atoms with Crippen LogP contribution in [0.1, 0.15) is 0 Å². The molecule has 1 aromatic rings. The Morgan fingerprint density at radius 2 is 2.00 bits per heavy atom. The number of hydrogen-bond acceptors (Lipinski definition) is 3. The largest absolute Gasteiger partial charge is 0.396 e. The molecule has 1 atom stereocenters. The molecule has 52 valence electrons. The Hall–Kier alpha value is -0.950. The van der Waals surface area contributed by atoms with Crippen molar-refractivity contribution in [2.75, 3.05) is 12.4 Å². The quantitative estimate of drug-likeness (QED) is 0.589. The number of hydrogen-bond donors (Lipinski definition) is 1. The zero-order valence-corrected chi connectivity index (χ0v) is 6.68. The zero-order valence-electron chi connectivity index (χ0n) is 5.78. The average molecular weight is 154 g/mol. The summed E-state index contributed by atoms with van der Waals surface area (Å²) in [5, 5.41) is 0. The summed E-state index contributed by atoms with van der Waals surface area (Å²) in [7, 11) is -0.436. The van der Waals surface area contributed by atoms with E-state index in [-0.39, 0.29) is 0 Å². The van der Waals surface area contributed by atoms with Crippen LogP contribution in [0.2, 0.25) is 0 Å². The van der Waals surface area contributed by atoms with Gasteiger partial charge in [0, 0.05) is 0 Å². The minimum atomic E-state index is -0.436. The van der Waals surface area contributed by atoms with E-state index in [2.05, 4.69) is 16.3 Å². The summed E-state index contributed by atoms with van der Waals surface area (Å²) < 4.78 is 0. The molecule has 4 heteroatoms. The van der Waals surface area contributed by atoms with Gasteiger partial charge < -0.3 is 5.73 Å². The van der Waals surface area contributed by atoms with Crippen molar-refractivity contribution in [3.63, 3.8) is 0 Å². The molecule has 0 amide bonds. The van der Waals surface area contributed by atoms with Crippen molar-refractivity contribution in [1.29, 1.82) is 0 Å². The molecule has 2 N–H and O–H groups in total. The summed E-state index contributed by atoms with van der Waals surface area (Å²) in [4.78, 5) is 8.02. The molecule has 1 aromatic heterocycles. The van der Waals surface area contributed by atoms with Crippen LogP contribution in [0.4, 0.5) is 5.69 Å². The molecule has 1 rings (SSSR count). The predicted octanol–water partition coefficient (Wildman–Crippen LogP) is 0.228. The van der Waals surface area contributed by atoms with E-state index in [1.54, 1.807) is 12.4 Å². The molecule has 1 heterocycles. The van der Waals surface area contributed by atoms with Gasteiger partial charge in [-0.05, 0) is 0 Å². The predicted molar refractivity (Wildman–Crippen MR) is 46.0 cm³/mol. The standard InChI is InChI=1S/C6H9N3P/c1-10(2)6-8-3-5(7)4-9-6/h3-4H,1,7H2,2H3/q+1. The molecule has 0 spiro atoms. The van der Waals surface area contributed by atoms with Crippen LogP contribution in [-0.4, -0.2) is 22.9 Å². The minimum absolute atomic E-state index is 0.436. The van der Waals surface area contributed by atoms with E-state index in [0.717, 1.165) is 5.57 Å². The van der Waals surface area contributed by atoms with Gasteiger partial charge in [-0.25, -0.2) is 0 Å². The average Bonchev–Trinajstić information content (AvgIpc) is 1.88. The van der Waals surface area contributed by atoms with E-state index >= 15 is 0 Å². The lowest BCUT2D eigenvalue weighted by Crippen LogP contribution is -2.07. The monoisotopic (exact) mass is 154 g/mol. The van der Waals surface area contributed by atoms with Gasteiger partial charge in [0.2, 0.25) is 0 Å². The zero-order chi connectivity index (χ0) is 7.56. The number of nitrogen functional groups attached to an aromatic ring is 1. The fraction of sp³-hybridized carbons (Fsp3) is 0.167. The topological polar surface area (TPSA) is 51.8 Å². The highest BCUT2D eigenvalue weighted by Gasteiger charge is 2.05. The second kappa shape index (κ2) is 2.76. The third-order valence-corrected chi connectivity index (χ3v) is 1.91. The van der Waals surface area contributed by atoms with Gasteiger partial charge in [-0.15, -0.1) is 0 Å². The molecule has 0 aliphatic rings. The molecule has 0 aliphatic carbocycles. The van der Waals surface area contributed by atoms with Crippen molar-refractivity contribution in [3.8, 4) is 0 Å². The molecule has 1 unspecified atom stereocenters. The highest BCUT2D eigenvalue weighted by Crippen LogP contribution is 2.07. The molecule has 0 aromatic carbocycles. The third kappa shape index (κ3) is 1.52. The second-order valence-corrected chi connectivity index (χ2v) is 3.81. The highest BCUT2D eigenvalue weighted by atomic mass is 31.1. The van der Waals surface area contributed by atoms with Crippen molar-refractivity contribution in [2.45, 2.75) is 0 Å². The van der Waals surface area contributed by atoms with Crippen LogP contribution in [0, 0.1) is 0 Å². The number of aromatic nitrogens is 2. The Kier molecular flexibility index (Phi) is 1.97.